The summed E-state index contributed by atoms with van der Waals surface area (Å²) in [5, 5.41) is 0. The van der Waals surface area contributed by atoms with Crippen molar-refractivity contribution < 1.29 is 8.42 Å². The minimum atomic E-state index is -3.27. The Hall–Kier alpha value is -1.40. The first kappa shape index (κ1) is 14.5. The Morgan fingerprint density at radius 2 is 1.90 bits per heavy atom. The van der Waals surface area contributed by atoms with Crippen LogP contribution in [-0.2, 0) is 16.9 Å². The van der Waals surface area contributed by atoms with Gasteiger partial charge in [0.25, 0.3) is 0 Å². The van der Waals surface area contributed by atoms with E-state index in [1.807, 2.05) is 17.7 Å². The van der Waals surface area contributed by atoms with Gasteiger partial charge in [0.2, 0.25) is 0 Å². The van der Waals surface area contributed by atoms with Gasteiger partial charge in [0.1, 0.15) is 11.3 Å². The Balaban J connectivity index is 2.12. The van der Waals surface area contributed by atoms with E-state index in [1.54, 1.807) is 12.1 Å². The molecule has 0 saturated heterocycles. The molecule has 0 unspecified atom stereocenters. The zero-order valence-electron chi connectivity index (χ0n) is 12.4. The maximum atomic E-state index is 11.9. The second-order valence-corrected chi connectivity index (χ2v) is 8.02. The van der Waals surface area contributed by atoms with Crippen LogP contribution in [0, 0.1) is 0 Å². The summed E-state index contributed by atoms with van der Waals surface area (Å²) in [4.78, 5) is 4.98. The smallest absolute Gasteiger partial charge is 0.177 e. The average molecular weight is 307 g/mol. The molecule has 1 saturated carbocycles. The van der Waals surface area contributed by atoms with Gasteiger partial charge in [0.15, 0.2) is 9.84 Å². The molecule has 1 fully saturated rings. The highest BCUT2D eigenvalue weighted by molar-refractivity contribution is 7.91. The van der Waals surface area contributed by atoms with E-state index in [0.717, 1.165) is 37.0 Å². The number of aryl methyl sites for hydroxylation is 1. The van der Waals surface area contributed by atoms with E-state index in [1.165, 1.54) is 6.26 Å². The van der Waals surface area contributed by atoms with E-state index in [9.17, 15) is 8.42 Å². The Morgan fingerprint density at radius 1 is 1.24 bits per heavy atom. The summed E-state index contributed by atoms with van der Waals surface area (Å²) in [6, 6.07) is 5.63. The quantitative estimate of drug-likeness (QED) is 0.920. The van der Waals surface area contributed by atoms with Crippen molar-refractivity contribution in [2.75, 3.05) is 6.26 Å². The fraction of sp³-hybridized carbons (Fsp3) is 0.533. The van der Waals surface area contributed by atoms with Crippen LogP contribution in [0.1, 0.15) is 37.4 Å². The van der Waals surface area contributed by atoms with Gasteiger partial charge in [0, 0.05) is 25.3 Å². The molecular formula is C15H21N3O2S. The molecule has 2 aromatic rings. The van der Waals surface area contributed by atoms with Gasteiger partial charge in [-0.1, -0.05) is 6.07 Å². The molecule has 1 aromatic heterocycles. The summed E-state index contributed by atoms with van der Waals surface area (Å²) < 4.78 is 25.9. The van der Waals surface area contributed by atoms with Crippen LogP contribution < -0.4 is 5.73 Å². The van der Waals surface area contributed by atoms with Crippen LogP contribution in [0.5, 0.6) is 0 Å². The van der Waals surface area contributed by atoms with Gasteiger partial charge in [-0.15, -0.1) is 0 Å². The third-order valence-corrected chi connectivity index (χ3v) is 5.57. The van der Waals surface area contributed by atoms with Crippen LogP contribution in [0.3, 0.4) is 0 Å². The average Bonchev–Trinajstić information content (AvgIpc) is 2.76. The number of hydrogen-bond donors (Lipinski definition) is 1. The number of fused-ring (bicyclic) bond motifs is 1. The molecule has 2 N–H and O–H groups in total. The number of benzene rings is 1. The molecule has 5 nitrogen and oxygen atoms in total. The van der Waals surface area contributed by atoms with E-state index in [0.29, 0.717) is 22.4 Å². The molecule has 0 aliphatic heterocycles. The molecule has 0 atom stereocenters. The minimum Gasteiger partial charge on any atom is -0.331 e. The van der Waals surface area contributed by atoms with Crippen LogP contribution in [-0.4, -0.2) is 30.3 Å². The lowest BCUT2D eigenvalue weighted by Gasteiger charge is -2.25. The molecule has 1 aromatic carbocycles. The van der Waals surface area contributed by atoms with Crippen LogP contribution in [0.2, 0.25) is 0 Å². The second kappa shape index (κ2) is 5.10. The fourth-order valence-electron chi connectivity index (χ4n) is 3.25. The van der Waals surface area contributed by atoms with E-state index >= 15 is 0 Å². The molecule has 1 heterocycles. The third kappa shape index (κ3) is 2.58. The van der Waals surface area contributed by atoms with Crippen molar-refractivity contribution in [1.82, 2.24) is 9.55 Å². The highest BCUT2D eigenvalue weighted by Crippen LogP contribution is 2.34. The van der Waals surface area contributed by atoms with E-state index < -0.39 is 9.84 Å². The number of imidazole rings is 1. The number of sulfone groups is 1. The number of rotatable bonds is 2. The van der Waals surface area contributed by atoms with E-state index in [2.05, 4.69) is 4.98 Å². The van der Waals surface area contributed by atoms with Crippen molar-refractivity contribution in [3.63, 3.8) is 0 Å². The highest BCUT2D eigenvalue weighted by atomic mass is 32.2. The van der Waals surface area contributed by atoms with Gasteiger partial charge in [-0.05, 0) is 37.8 Å². The van der Waals surface area contributed by atoms with E-state index in [-0.39, 0.29) is 0 Å². The minimum absolute atomic E-state index is 0.294. The van der Waals surface area contributed by atoms with Crippen molar-refractivity contribution in [1.29, 1.82) is 0 Å². The lowest BCUT2D eigenvalue weighted by atomic mass is 9.86. The first-order valence-electron chi connectivity index (χ1n) is 7.29. The molecule has 0 radical (unpaired) electrons. The standard InChI is InChI=1S/C15H21N3O2S/c1-18-12-4-3-5-13(21(2,19)20)14(12)17-15(18)10-6-8-11(16)9-7-10/h3-5,10-11H,6-9,16H2,1-2H3. The topological polar surface area (TPSA) is 78.0 Å². The number of para-hydroxylation sites is 1. The fourth-order valence-corrected chi connectivity index (χ4v) is 4.08. The predicted octanol–water partition coefficient (Wildman–Crippen LogP) is 1.96. The zero-order chi connectivity index (χ0) is 15.2. The van der Waals surface area contributed by atoms with Gasteiger partial charge in [-0.25, -0.2) is 13.4 Å². The van der Waals surface area contributed by atoms with Gasteiger partial charge in [-0.2, -0.15) is 0 Å². The highest BCUT2D eigenvalue weighted by Gasteiger charge is 2.25. The summed E-state index contributed by atoms with van der Waals surface area (Å²) in [5.74, 6) is 1.35. The summed E-state index contributed by atoms with van der Waals surface area (Å²) >= 11 is 0. The number of nitrogens with two attached hydrogens (primary N) is 1. The van der Waals surface area contributed by atoms with Crippen LogP contribution in [0.25, 0.3) is 11.0 Å². The molecule has 6 heteroatoms. The SMILES string of the molecule is Cn1c(C2CCC(N)CC2)nc2c(S(C)(=O)=O)cccc21. The number of nitrogens with zero attached hydrogens (tertiary/aromatic N) is 2. The monoisotopic (exact) mass is 307 g/mol. The first-order valence-corrected chi connectivity index (χ1v) is 9.18. The molecular weight excluding hydrogens is 286 g/mol. The predicted molar refractivity (Wildman–Crippen MR) is 83.0 cm³/mol. The molecule has 114 valence electrons. The summed E-state index contributed by atoms with van der Waals surface area (Å²) in [6.45, 7) is 0. The zero-order valence-corrected chi connectivity index (χ0v) is 13.2. The largest absolute Gasteiger partial charge is 0.331 e. The number of aromatic nitrogens is 2. The molecule has 0 bridgehead atoms. The molecule has 1 aliphatic rings. The van der Waals surface area contributed by atoms with Crippen LogP contribution >= 0.6 is 0 Å². The van der Waals surface area contributed by atoms with Crippen molar-refractivity contribution in [3.8, 4) is 0 Å². The van der Waals surface area contributed by atoms with E-state index in [4.69, 9.17) is 5.73 Å². The van der Waals surface area contributed by atoms with Crippen molar-refractivity contribution in [2.45, 2.75) is 42.5 Å². The van der Waals surface area contributed by atoms with Crippen molar-refractivity contribution in [3.05, 3.63) is 24.0 Å². The second-order valence-electron chi connectivity index (χ2n) is 6.04. The first-order chi connectivity index (χ1) is 9.88. The molecule has 0 amide bonds. The normalized spacial score (nSPS) is 23.6. The molecule has 21 heavy (non-hydrogen) atoms. The lowest BCUT2D eigenvalue weighted by molar-refractivity contribution is 0.380. The van der Waals surface area contributed by atoms with Crippen LogP contribution in [0.15, 0.2) is 23.1 Å². The lowest BCUT2D eigenvalue weighted by Crippen LogP contribution is -2.26. The van der Waals surface area contributed by atoms with Crippen LogP contribution in [0.4, 0.5) is 0 Å². The third-order valence-electron chi connectivity index (χ3n) is 4.45. The Kier molecular flexibility index (Phi) is 3.53. The Morgan fingerprint density at radius 3 is 2.52 bits per heavy atom. The van der Waals surface area contributed by atoms with Gasteiger partial charge >= 0.3 is 0 Å². The maximum Gasteiger partial charge on any atom is 0.177 e. The maximum absolute atomic E-state index is 11.9. The summed E-state index contributed by atoms with van der Waals surface area (Å²) in [5.41, 5.74) is 7.43. The Bertz CT molecular complexity index is 772. The molecule has 0 spiro atoms. The summed E-state index contributed by atoms with van der Waals surface area (Å²) in [6.07, 6.45) is 5.29. The molecule has 3 rings (SSSR count). The molecule has 1 aliphatic carbocycles. The van der Waals surface area contributed by atoms with Crippen molar-refractivity contribution in [2.24, 2.45) is 12.8 Å². The van der Waals surface area contributed by atoms with Crippen molar-refractivity contribution >= 4 is 20.9 Å². The Labute approximate surface area is 125 Å². The van der Waals surface area contributed by atoms with Gasteiger partial charge < -0.3 is 10.3 Å². The van der Waals surface area contributed by atoms with Gasteiger partial charge in [0.05, 0.1) is 10.4 Å². The summed E-state index contributed by atoms with van der Waals surface area (Å²) in [7, 11) is -1.30. The number of hydrogen-bond acceptors (Lipinski definition) is 4. The van der Waals surface area contributed by atoms with Gasteiger partial charge in [-0.3, -0.25) is 0 Å².